The summed E-state index contributed by atoms with van der Waals surface area (Å²) in [5.41, 5.74) is 3.38. The highest BCUT2D eigenvalue weighted by atomic mass is 16.1. The molecular weight excluding hydrogens is 274 g/mol. The number of hydrogen-bond donors (Lipinski definition) is 1. The number of para-hydroxylation sites is 2. The molecule has 2 aromatic carbocycles. The Kier molecular flexibility index (Phi) is 4.20. The Balaban J connectivity index is 1.63. The van der Waals surface area contributed by atoms with E-state index in [4.69, 9.17) is 0 Å². The number of nitrogens with zero attached hydrogens (tertiary/aromatic N) is 2. The van der Waals surface area contributed by atoms with Gasteiger partial charge in [0.1, 0.15) is 0 Å². The van der Waals surface area contributed by atoms with Gasteiger partial charge in [0.2, 0.25) is 5.91 Å². The number of carbonyl (C=O) groups excluding carboxylic acids is 1. The van der Waals surface area contributed by atoms with E-state index >= 15 is 0 Å². The molecule has 22 heavy (non-hydrogen) atoms. The van der Waals surface area contributed by atoms with E-state index in [1.54, 1.807) is 12.3 Å². The van der Waals surface area contributed by atoms with E-state index in [2.05, 4.69) is 15.3 Å². The first-order valence-corrected chi connectivity index (χ1v) is 7.03. The van der Waals surface area contributed by atoms with E-state index in [1.807, 2.05) is 54.6 Å². The van der Waals surface area contributed by atoms with Gasteiger partial charge in [-0.25, -0.2) is 4.98 Å². The molecule has 108 valence electrons. The molecular formula is C18H15N3O. The molecule has 3 rings (SSSR count). The lowest BCUT2D eigenvalue weighted by molar-refractivity contribution is -0.116. The van der Waals surface area contributed by atoms with Crippen molar-refractivity contribution >= 4 is 23.0 Å². The lowest BCUT2D eigenvalue weighted by Crippen LogP contribution is -2.20. The van der Waals surface area contributed by atoms with Crippen LogP contribution in [0.1, 0.15) is 11.3 Å². The molecule has 0 spiro atoms. The zero-order chi connectivity index (χ0) is 15.2. The van der Waals surface area contributed by atoms with Gasteiger partial charge in [0.15, 0.2) is 0 Å². The summed E-state index contributed by atoms with van der Waals surface area (Å²) in [7, 11) is 0. The number of rotatable bonds is 4. The van der Waals surface area contributed by atoms with E-state index in [9.17, 15) is 4.79 Å². The molecule has 4 heteroatoms. The van der Waals surface area contributed by atoms with Crippen molar-refractivity contribution in [2.75, 3.05) is 0 Å². The molecule has 0 bridgehead atoms. The molecule has 0 saturated heterocycles. The van der Waals surface area contributed by atoms with Crippen molar-refractivity contribution in [1.82, 2.24) is 15.3 Å². The van der Waals surface area contributed by atoms with Crippen LogP contribution in [0.3, 0.4) is 0 Å². The summed E-state index contributed by atoms with van der Waals surface area (Å²) in [6.07, 6.45) is 4.80. The van der Waals surface area contributed by atoms with Gasteiger partial charge in [-0.2, -0.15) is 0 Å². The lowest BCUT2D eigenvalue weighted by Gasteiger charge is -2.02. The van der Waals surface area contributed by atoms with E-state index < -0.39 is 0 Å². The number of benzene rings is 2. The number of carbonyl (C=O) groups is 1. The second kappa shape index (κ2) is 6.63. The molecule has 3 aromatic rings. The van der Waals surface area contributed by atoms with E-state index in [0.717, 1.165) is 16.6 Å². The third-order valence-electron chi connectivity index (χ3n) is 3.18. The van der Waals surface area contributed by atoms with Crippen molar-refractivity contribution in [3.8, 4) is 0 Å². The second-order valence-electron chi connectivity index (χ2n) is 4.82. The Bertz CT molecular complexity index is 813. The first kappa shape index (κ1) is 13.9. The van der Waals surface area contributed by atoms with E-state index in [0.29, 0.717) is 12.2 Å². The number of fused-ring (bicyclic) bond motifs is 1. The van der Waals surface area contributed by atoms with E-state index in [-0.39, 0.29) is 5.91 Å². The van der Waals surface area contributed by atoms with Crippen LogP contribution in [0.25, 0.3) is 17.1 Å². The highest BCUT2D eigenvalue weighted by Gasteiger charge is 1.98. The van der Waals surface area contributed by atoms with Crippen LogP contribution in [-0.2, 0) is 11.3 Å². The Morgan fingerprint density at radius 1 is 1.00 bits per heavy atom. The second-order valence-corrected chi connectivity index (χ2v) is 4.82. The summed E-state index contributed by atoms with van der Waals surface area (Å²) in [6, 6.07) is 17.4. The number of aromatic nitrogens is 2. The number of nitrogens with one attached hydrogen (secondary N) is 1. The first-order valence-electron chi connectivity index (χ1n) is 7.03. The molecule has 4 nitrogen and oxygen atoms in total. The maximum Gasteiger partial charge on any atom is 0.244 e. The minimum Gasteiger partial charge on any atom is -0.348 e. The Hall–Kier alpha value is -3.01. The summed E-state index contributed by atoms with van der Waals surface area (Å²) in [5.74, 6) is -0.154. The molecule has 0 aliphatic rings. The molecule has 0 fully saturated rings. The van der Waals surface area contributed by atoms with Crippen LogP contribution in [-0.4, -0.2) is 15.9 Å². The van der Waals surface area contributed by atoms with Crippen LogP contribution in [0.4, 0.5) is 0 Å². The summed E-state index contributed by atoms with van der Waals surface area (Å²) in [5, 5.41) is 2.83. The summed E-state index contributed by atoms with van der Waals surface area (Å²) in [6.45, 7) is 0.507. The Labute approximate surface area is 128 Å². The van der Waals surface area contributed by atoms with Gasteiger partial charge in [0.05, 0.1) is 22.9 Å². The molecule has 1 aromatic heterocycles. The van der Waals surface area contributed by atoms with Gasteiger partial charge in [-0.1, -0.05) is 42.5 Å². The predicted molar refractivity (Wildman–Crippen MR) is 86.9 cm³/mol. The molecule has 0 saturated carbocycles. The third-order valence-corrected chi connectivity index (χ3v) is 3.18. The molecule has 0 aliphatic carbocycles. The monoisotopic (exact) mass is 289 g/mol. The quantitative estimate of drug-likeness (QED) is 0.751. The normalized spacial score (nSPS) is 10.9. The summed E-state index contributed by atoms with van der Waals surface area (Å²) in [4.78, 5) is 20.6. The van der Waals surface area contributed by atoms with Crippen molar-refractivity contribution in [1.29, 1.82) is 0 Å². The zero-order valence-corrected chi connectivity index (χ0v) is 11.9. The highest BCUT2D eigenvalue weighted by molar-refractivity contribution is 5.91. The maximum atomic E-state index is 11.8. The average molecular weight is 289 g/mol. The first-order chi connectivity index (χ1) is 10.8. The van der Waals surface area contributed by atoms with Crippen LogP contribution >= 0.6 is 0 Å². The van der Waals surface area contributed by atoms with Gasteiger partial charge >= 0.3 is 0 Å². The van der Waals surface area contributed by atoms with Crippen molar-refractivity contribution < 1.29 is 4.79 Å². The van der Waals surface area contributed by atoms with Gasteiger partial charge in [0.25, 0.3) is 0 Å². The van der Waals surface area contributed by atoms with Gasteiger partial charge < -0.3 is 5.32 Å². The van der Waals surface area contributed by atoms with Crippen LogP contribution < -0.4 is 5.32 Å². The third kappa shape index (κ3) is 3.55. The maximum absolute atomic E-state index is 11.8. The largest absolute Gasteiger partial charge is 0.348 e. The smallest absolute Gasteiger partial charge is 0.244 e. The molecule has 1 amide bonds. The van der Waals surface area contributed by atoms with Gasteiger partial charge in [-0.15, -0.1) is 0 Å². The predicted octanol–water partition coefficient (Wildman–Crippen LogP) is 2.96. The average Bonchev–Trinajstić information content (AvgIpc) is 2.59. The van der Waals surface area contributed by atoms with Gasteiger partial charge in [0, 0.05) is 12.6 Å². The van der Waals surface area contributed by atoms with E-state index in [1.165, 1.54) is 6.08 Å². The number of hydrogen-bond acceptors (Lipinski definition) is 3. The standard InChI is InChI=1S/C18H15N3O/c22-18(20-12-14-6-2-1-3-7-14)11-10-15-13-19-16-8-4-5-9-17(16)21-15/h1-11,13H,12H2,(H,20,22). The minimum absolute atomic E-state index is 0.154. The minimum atomic E-state index is -0.154. The van der Waals surface area contributed by atoms with Crippen molar-refractivity contribution in [3.05, 3.63) is 78.1 Å². The molecule has 0 atom stereocenters. The Morgan fingerprint density at radius 3 is 2.55 bits per heavy atom. The van der Waals surface area contributed by atoms with Crippen LogP contribution in [0, 0.1) is 0 Å². The Morgan fingerprint density at radius 2 is 1.73 bits per heavy atom. The topological polar surface area (TPSA) is 54.9 Å². The van der Waals surface area contributed by atoms with Crippen LogP contribution in [0.15, 0.2) is 66.9 Å². The fourth-order valence-electron chi connectivity index (χ4n) is 2.06. The van der Waals surface area contributed by atoms with Crippen LogP contribution in [0.2, 0.25) is 0 Å². The SMILES string of the molecule is O=C(C=Cc1cnc2ccccc2n1)NCc1ccccc1. The van der Waals surface area contributed by atoms with Gasteiger partial charge in [-0.05, 0) is 23.8 Å². The highest BCUT2D eigenvalue weighted by Crippen LogP contribution is 2.09. The number of amides is 1. The fraction of sp³-hybridized carbons (Fsp3) is 0.0556. The summed E-state index contributed by atoms with van der Waals surface area (Å²) < 4.78 is 0. The van der Waals surface area contributed by atoms with Crippen molar-refractivity contribution in [2.24, 2.45) is 0 Å². The van der Waals surface area contributed by atoms with Crippen molar-refractivity contribution in [2.45, 2.75) is 6.54 Å². The van der Waals surface area contributed by atoms with Crippen molar-refractivity contribution in [3.63, 3.8) is 0 Å². The van der Waals surface area contributed by atoms with Gasteiger partial charge in [-0.3, -0.25) is 9.78 Å². The summed E-state index contributed by atoms with van der Waals surface area (Å²) >= 11 is 0. The zero-order valence-electron chi connectivity index (χ0n) is 11.9. The fourth-order valence-corrected chi connectivity index (χ4v) is 2.06. The molecule has 0 unspecified atom stereocenters. The molecule has 0 radical (unpaired) electrons. The lowest BCUT2D eigenvalue weighted by atomic mass is 10.2. The molecule has 0 aliphatic heterocycles. The van der Waals surface area contributed by atoms with Crippen LogP contribution in [0.5, 0.6) is 0 Å². The molecule has 1 heterocycles. The molecule has 1 N–H and O–H groups in total.